The van der Waals surface area contributed by atoms with Gasteiger partial charge in [0.05, 0.1) is 7.11 Å². The lowest BCUT2D eigenvalue weighted by molar-refractivity contribution is -0.0510. The van der Waals surface area contributed by atoms with Gasteiger partial charge in [0.2, 0.25) is 0 Å². The van der Waals surface area contributed by atoms with Crippen molar-refractivity contribution in [1.29, 1.82) is 0 Å². The van der Waals surface area contributed by atoms with Gasteiger partial charge in [-0.25, -0.2) is 0 Å². The van der Waals surface area contributed by atoms with Gasteiger partial charge < -0.3 is 14.6 Å². The van der Waals surface area contributed by atoms with Crippen molar-refractivity contribution < 1.29 is 23.4 Å². The number of hydrogen-bond donors (Lipinski definition) is 1. The number of halogens is 2. The van der Waals surface area contributed by atoms with Crippen molar-refractivity contribution in [3.05, 3.63) is 59.7 Å². The molecule has 1 saturated heterocycles. The molecular formula is C22H27F2NO3. The number of piperidine rings is 1. The minimum atomic E-state index is -2.82. The standard InChI is InChI=1S/C22H27F2NO3/c1-27-19-8-6-17(7-9-19)14-22(16-26)10-12-25(13-11-22)15-18-4-2-3-5-20(18)28-21(23)24/h2-9,21,26H,10-16H2,1H3. The summed E-state index contributed by atoms with van der Waals surface area (Å²) in [5, 5.41) is 10.1. The van der Waals surface area contributed by atoms with E-state index in [2.05, 4.69) is 9.64 Å². The maximum Gasteiger partial charge on any atom is 0.387 e. The van der Waals surface area contributed by atoms with Crippen LogP contribution in [0.15, 0.2) is 48.5 Å². The number of nitrogens with zero attached hydrogens (tertiary/aromatic N) is 1. The maximum atomic E-state index is 12.6. The Balaban J connectivity index is 1.61. The second-order valence-electron chi connectivity index (χ2n) is 7.45. The van der Waals surface area contributed by atoms with Crippen LogP contribution in [-0.4, -0.2) is 43.4 Å². The van der Waals surface area contributed by atoms with Crippen LogP contribution in [0.25, 0.3) is 0 Å². The summed E-state index contributed by atoms with van der Waals surface area (Å²) in [6, 6.07) is 14.9. The molecule has 2 aromatic rings. The smallest absolute Gasteiger partial charge is 0.387 e. The molecule has 0 bridgehead atoms. The van der Waals surface area contributed by atoms with Crippen molar-refractivity contribution in [2.75, 3.05) is 26.8 Å². The lowest BCUT2D eigenvalue weighted by Gasteiger charge is -2.41. The van der Waals surface area contributed by atoms with E-state index >= 15 is 0 Å². The molecule has 1 fully saturated rings. The Morgan fingerprint density at radius 2 is 1.75 bits per heavy atom. The van der Waals surface area contributed by atoms with E-state index in [1.807, 2.05) is 36.4 Å². The van der Waals surface area contributed by atoms with Crippen LogP contribution in [0.5, 0.6) is 11.5 Å². The molecule has 3 rings (SSSR count). The lowest BCUT2D eigenvalue weighted by atomic mass is 9.74. The number of rotatable bonds is 8. The molecule has 0 unspecified atom stereocenters. The minimum Gasteiger partial charge on any atom is -0.497 e. The molecule has 1 heterocycles. The molecule has 1 aliphatic rings. The number of para-hydroxylation sites is 1. The summed E-state index contributed by atoms with van der Waals surface area (Å²) in [5.74, 6) is 1.05. The number of methoxy groups -OCH3 is 1. The molecule has 4 nitrogen and oxygen atoms in total. The summed E-state index contributed by atoms with van der Waals surface area (Å²) < 4.78 is 35.1. The van der Waals surface area contributed by atoms with E-state index in [4.69, 9.17) is 4.74 Å². The van der Waals surface area contributed by atoms with Gasteiger partial charge in [0.1, 0.15) is 11.5 Å². The molecule has 0 spiro atoms. The Labute approximate surface area is 164 Å². The first-order valence-corrected chi connectivity index (χ1v) is 9.52. The molecule has 0 aliphatic carbocycles. The summed E-state index contributed by atoms with van der Waals surface area (Å²) in [6.07, 6.45) is 2.52. The van der Waals surface area contributed by atoms with Crippen LogP contribution in [0.1, 0.15) is 24.0 Å². The van der Waals surface area contributed by atoms with Gasteiger partial charge >= 0.3 is 6.61 Å². The number of hydrogen-bond acceptors (Lipinski definition) is 4. The van der Waals surface area contributed by atoms with Crippen molar-refractivity contribution in [3.63, 3.8) is 0 Å². The third-order valence-corrected chi connectivity index (χ3v) is 5.57. The Morgan fingerprint density at radius 3 is 2.36 bits per heavy atom. The first-order chi connectivity index (χ1) is 13.5. The number of aliphatic hydroxyl groups excluding tert-OH is 1. The molecule has 0 aromatic heterocycles. The van der Waals surface area contributed by atoms with Crippen LogP contribution >= 0.6 is 0 Å². The number of likely N-dealkylation sites (tertiary alicyclic amines) is 1. The van der Waals surface area contributed by atoms with Crippen molar-refractivity contribution in [3.8, 4) is 11.5 Å². The molecule has 0 atom stereocenters. The van der Waals surface area contributed by atoms with Crippen molar-refractivity contribution >= 4 is 0 Å². The van der Waals surface area contributed by atoms with E-state index < -0.39 is 6.61 Å². The van der Waals surface area contributed by atoms with Gasteiger partial charge in [0.15, 0.2) is 0 Å². The molecule has 28 heavy (non-hydrogen) atoms. The van der Waals surface area contributed by atoms with Gasteiger partial charge in [-0.2, -0.15) is 8.78 Å². The Morgan fingerprint density at radius 1 is 1.07 bits per heavy atom. The van der Waals surface area contributed by atoms with E-state index in [1.54, 1.807) is 19.2 Å². The van der Waals surface area contributed by atoms with Crippen LogP contribution in [0.3, 0.4) is 0 Å². The Kier molecular flexibility index (Phi) is 6.86. The molecule has 0 saturated carbocycles. The number of ether oxygens (including phenoxy) is 2. The highest BCUT2D eigenvalue weighted by Crippen LogP contribution is 2.36. The molecular weight excluding hydrogens is 364 g/mol. The molecule has 1 N–H and O–H groups in total. The van der Waals surface area contributed by atoms with E-state index in [0.29, 0.717) is 6.54 Å². The number of benzene rings is 2. The highest BCUT2D eigenvalue weighted by atomic mass is 19.3. The number of alkyl halides is 2. The molecule has 152 valence electrons. The zero-order chi connectivity index (χ0) is 20.0. The quantitative estimate of drug-likeness (QED) is 0.735. The van der Waals surface area contributed by atoms with Crippen LogP contribution in [0.2, 0.25) is 0 Å². The largest absolute Gasteiger partial charge is 0.497 e. The van der Waals surface area contributed by atoms with Crippen molar-refractivity contribution in [2.24, 2.45) is 5.41 Å². The fourth-order valence-electron chi connectivity index (χ4n) is 3.84. The topological polar surface area (TPSA) is 41.9 Å². The molecule has 0 radical (unpaired) electrons. The van der Waals surface area contributed by atoms with Gasteiger partial charge in [-0.05, 0) is 61.5 Å². The second kappa shape index (κ2) is 9.34. The van der Waals surface area contributed by atoms with Gasteiger partial charge in [-0.1, -0.05) is 30.3 Å². The molecule has 0 amide bonds. The van der Waals surface area contributed by atoms with E-state index in [1.165, 1.54) is 5.56 Å². The average Bonchev–Trinajstić information content (AvgIpc) is 2.71. The van der Waals surface area contributed by atoms with Crippen LogP contribution in [0.4, 0.5) is 8.78 Å². The normalized spacial score (nSPS) is 16.9. The Bertz CT molecular complexity index is 744. The van der Waals surface area contributed by atoms with Crippen LogP contribution in [0, 0.1) is 5.41 Å². The first-order valence-electron chi connectivity index (χ1n) is 9.52. The van der Waals surface area contributed by atoms with E-state index in [-0.39, 0.29) is 17.8 Å². The predicted octanol–water partition coefficient (Wildman–Crippen LogP) is 4.11. The highest BCUT2D eigenvalue weighted by Gasteiger charge is 2.34. The highest BCUT2D eigenvalue weighted by molar-refractivity contribution is 5.33. The van der Waals surface area contributed by atoms with Gasteiger partial charge in [-0.3, -0.25) is 4.90 Å². The average molecular weight is 391 g/mol. The van der Waals surface area contributed by atoms with E-state index in [9.17, 15) is 13.9 Å². The van der Waals surface area contributed by atoms with Gasteiger partial charge in [0.25, 0.3) is 0 Å². The summed E-state index contributed by atoms with van der Waals surface area (Å²) >= 11 is 0. The van der Waals surface area contributed by atoms with Gasteiger partial charge in [-0.15, -0.1) is 0 Å². The summed E-state index contributed by atoms with van der Waals surface area (Å²) in [7, 11) is 1.64. The van der Waals surface area contributed by atoms with E-state index in [0.717, 1.165) is 43.7 Å². The third-order valence-electron chi connectivity index (χ3n) is 5.57. The summed E-state index contributed by atoms with van der Waals surface area (Å²) in [5.41, 5.74) is 1.79. The molecule has 1 aliphatic heterocycles. The van der Waals surface area contributed by atoms with Crippen molar-refractivity contribution in [1.82, 2.24) is 4.90 Å². The number of aliphatic hydroxyl groups is 1. The lowest BCUT2D eigenvalue weighted by Crippen LogP contribution is -2.42. The zero-order valence-corrected chi connectivity index (χ0v) is 16.1. The fraction of sp³-hybridized carbons (Fsp3) is 0.455. The fourth-order valence-corrected chi connectivity index (χ4v) is 3.84. The SMILES string of the molecule is COc1ccc(CC2(CO)CCN(Cc3ccccc3OC(F)F)CC2)cc1. The maximum absolute atomic E-state index is 12.6. The van der Waals surface area contributed by atoms with Crippen LogP contribution in [-0.2, 0) is 13.0 Å². The Hall–Kier alpha value is -2.18. The van der Waals surface area contributed by atoms with Crippen LogP contribution < -0.4 is 9.47 Å². The molecule has 6 heteroatoms. The third kappa shape index (κ3) is 5.20. The zero-order valence-electron chi connectivity index (χ0n) is 16.1. The minimum absolute atomic E-state index is 0.137. The monoisotopic (exact) mass is 391 g/mol. The second-order valence-corrected chi connectivity index (χ2v) is 7.45. The summed E-state index contributed by atoms with van der Waals surface area (Å²) in [6.45, 7) is -0.515. The summed E-state index contributed by atoms with van der Waals surface area (Å²) in [4.78, 5) is 2.23. The van der Waals surface area contributed by atoms with Gasteiger partial charge in [0, 0.05) is 18.7 Å². The molecule has 2 aromatic carbocycles. The first kappa shape index (κ1) is 20.6. The predicted molar refractivity (Wildman–Crippen MR) is 104 cm³/mol. The van der Waals surface area contributed by atoms with Crippen molar-refractivity contribution in [2.45, 2.75) is 32.4 Å².